The number of aromatic amines is 2. The average molecular weight is 385 g/mol. The second-order valence-electron chi connectivity index (χ2n) is 5.19. The number of Topliss-reactive ketones (excluding diaryl/α,β-unsaturated/α-hetero) is 1. The first-order chi connectivity index (χ1) is 10.4. The van der Waals surface area contributed by atoms with E-state index in [4.69, 9.17) is 0 Å². The Morgan fingerprint density at radius 3 is 2.48 bits per heavy atom. The van der Waals surface area contributed by atoms with E-state index in [2.05, 4.69) is 9.97 Å². The van der Waals surface area contributed by atoms with Gasteiger partial charge in [0.15, 0.2) is 0 Å². The van der Waals surface area contributed by atoms with Crippen LogP contribution in [0.5, 0.6) is 0 Å². The lowest BCUT2D eigenvalue weighted by atomic mass is 10.1. The number of fused-ring (bicyclic) bond motifs is 1. The summed E-state index contributed by atoms with van der Waals surface area (Å²) in [6.45, 7) is 1.13. The zero-order chi connectivity index (χ0) is 15.9. The predicted molar refractivity (Wildman–Crippen MR) is 87.1 cm³/mol. The Balaban J connectivity index is 0.00000192. The number of nitro benzene ring substituents is 1. The maximum atomic E-state index is 11.5. The molecule has 0 unspecified atom stereocenters. The number of rotatable bonds is 3. The smallest absolute Gasteiger partial charge is 0.314 e. The third-order valence-corrected chi connectivity index (χ3v) is 3.61. The van der Waals surface area contributed by atoms with Crippen molar-refractivity contribution in [1.29, 1.82) is 0 Å². The van der Waals surface area contributed by atoms with Gasteiger partial charge in [-0.15, -0.1) is 17.0 Å². The summed E-state index contributed by atoms with van der Waals surface area (Å²) in [4.78, 5) is 51.3. The minimum atomic E-state index is -0.865. The van der Waals surface area contributed by atoms with Gasteiger partial charge in [-0.25, -0.2) is 0 Å². The van der Waals surface area contributed by atoms with Crippen molar-refractivity contribution in [1.82, 2.24) is 14.9 Å². The third-order valence-electron chi connectivity index (χ3n) is 3.61. The highest BCUT2D eigenvalue weighted by atomic mass is 79.9. The van der Waals surface area contributed by atoms with Crippen molar-refractivity contribution in [3.8, 4) is 0 Å². The lowest BCUT2D eigenvalue weighted by molar-refractivity contribution is -0.384. The standard InChI is InChI=1S/C13H12N4O5.BrH/c18-9-1-2-16(6-9)5-7-3-8(17(21)22)4-10-11(7)15-13(20)12(19)14-10;/h3-4H,1-2,5-6H2,(H,14,19)(H,15,20);1H. The van der Waals surface area contributed by atoms with Gasteiger partial charge in [-0.2, -0.15) is 0 Å². The molecule has 122 valence electrons. The summed E-state index contributed by atoms with van der Waals surface area (Å²) >= 11 is 0. The van der Waals surface area contributed by atoms with Crippen molar-refractivity contribution in [3.63, 3.8) is 0 Å². The first-order valence-corrected chi connectivity index (χ1v) is 6.62. The van der Waals surface area contributed by atoms with Crippen molar-refractivity contribution < 1.29 is 9.72 Å². The molecule has 0 saturated carbocycles. The number of nitrogens with one attached hydrogen (secondary N) is 2. The van der Waals surface area contributed by atoms with Gasteiger partial charge in [0, 0.05) is 31.6 Å². The van der Waals surface area contributed by atoms with Gasteiger partial charge in [-0.3, -0.25) is 29.4 Å². The van der Waals surface area contributed by atoms with Gasteiger partial charge in [-0.1, -0.05) is 0 Å². The van der Waals surface area contributed by atoms with Gasteiger partial charge >= 0.3 is 11.1 Å². The van der Waals surface area contributed by atoms with E-state index in [0.29, 0.717) is 24.0 Å². The Morgan fingerprint density at radius 1 is 1.17 bits per heavy atom. The number of ketones is 1. The quantitative estimate of drug-likeness (QED) is 0.449. The summed E-state index contributed by atoms with van der Waals surface area (Å²) in [5.41, 5.74) is -0.841. The van der Waals surface area contributed by atoms with E-state index >= 15 is 0 Å². The lowest BCUT2D eigenvalue weighted by Gasteiger charge is -2.15. The molecule has 2 aromatic rings. The molecule has 0 bridgehead atoms. The van der Waals surface area contributed by atoms with Gasteiger partial charge in [0.1, 0.15) is 5.78 Å². The van der Waals surface area contributed by atoms with Gasteiger partial charge in [0.2, 0.25) is 0 Å². The molecule has 2 heterocycles. The monoisotopic (exact) mass is 384 g/mol. The highest BCUT2D eigenvalue weighted by Crippen LogP contribution is 2.23. The van der Waals surface area contributed by atoms with Crippen molar-refractivity contribution in [2.45, 2.75) is 13.0 Å². The minimum absolute atomic E-state index is 0. The molecule has 0 amide bonds. The maximum absolute atomic E-state index is 11.5. The highest BCUT2D eigenvalue weighted by molar-refractivity contribution is 8.93. The molecule has 1 aromatic heterocycles. The molecule has 0 aliphatic carbocycles. The van der Waals surface area contributed by atoms with Crippen molar-refractivity contribution in [2.24, 2.45) is 0 Å². The Labute approximate surface area is 139 Å². The zero-order valence-electron chi connectivity index (χ0n) is 11.8. The first-order valence-electron chi connectivity index (χ1n) is 6.62. The normalized spacial score (nSPS) is 14.9. The van der Waals surface area contributed by atoms with Gasteiger partial charge in [-0.05, 0) is 5.56 Å². The van der Waals surface area contributed by atoms with E-state index < -0.39 is 16.0 Å². The van der Waals surface area contributed by atoms with Crippen LogP contribution in [0.25, 0.3) is 11.0 Å². The SMILES string of the molecule is Br.O=C1CCN(Cc2cc([N+](=O)[O-])cc3[nH]c(=O)c(=O)[nH]c23)C1. The molecule has 9 nitrogen and oxygen atoms in total. The lowest BCUT2D eigenvalue weighted by Crippen LogP contribution is -2.29. The fraction of sp³-hybridized carbons (Fsp3) is 0.308. The molecule has 1 fully saturated rings. The number of carbonyl (C=O) groups excluding carboxylic acids is 1. The number of benzene rings is 1. The number of hydrogen-bond acceptors (Lipinski definition) is 6. The van der Waals surface area contributed by atoms with Crippen LogP contribution in [0.4, 0.5) is 5.69 Å². The number of carbonyl (C=O) groups is 1. The number of nitro groups is 1. The molecule has 0 radical (unpaired) electrons. The number of aromatic nitrogens is 2. The predicted octanol–water partition coefficient (Wildman–Crippen LogP) is 0.477. The number of H-pyrrole nitrogens is 2. The molecule has 2 N–H and O–H groups in total. The molecular weight excluding hydrogens is 372 g/mol. The van der Waals surface area contributed by atoms with Crippen molar-refractivity contribution >= 4 is 39.5 Å². The van der Waals surface area contributed by atoms with E-state index in [1.165, 1.54) is 12.1 Å². The summed E-state index contributed by atoms with van der Waals surface area (Å²) in [6.07, 6.45) is 0.445. The minimum Gasteiger partial charge on any atom is -0.316 e. The number of hydrogen-bond donors (Lipinski definition) is 2. The van der Waals surface area contributed by atoms with Crippen LogP contribution in [0.2, 0.25) is 0 Å². The van der Waals surface area contributed by atoms with E-state index in [9.17, 15) is 24.5 Å². The molecule has 1 aliphatic heterocycles. The second-order valence-corrected chi connectivity index (χ2v) is 5.19. The van der Waals surface area contributed by atoms with Crippen LogP contribution < -0.4 is 11.1 Å². The molecule has 23 heavy (non-hydrogen) atoms. The van der Waals surface area contributed by atoms with Gasteiger partial charge in [0.05, 0.1) is 22.5 Å². The van der Waals surface area contributed by atoms with E-state index in [-0.39, 0.29) is 47.1 Å². The third kappa shape index (κ3) is 3.37. The van der Waals surface area contributed by atoms with Crippen molar-refractivity contribution in [2.75, 3.05) is 13.1 Å². The maximum Gasteiger partial charge on any atom is 0.314 e. The van der Waals surface area contributed by atoms with Crippen LogP contribution in [0.15, 0.2) is 21.7 Å². The van der Waals surface area contributed by atoms with Crippen LogP contribution in [-0.2, 0) is 11.3 Å². The topological polar surface area (TPSA) is 129 Å². The largest absolute Gasteiger partial charge is 0.316 e. The van der Waals surface area contributed by atoms with Gasteiger partial charge in [0.25, 0.3) is 5.69 Å². The number of non-ortho nitro benzene ring substituents is 1. The molecule has 0 spiro atoms. The average Bonchev–Trinajstić information content (AvgIpc) is 2.86. The second kappa shape index (κ2) is 6.42. The van der Waals surface area contributed by atoms with Crippen LogP contribution in [0, 0.1) is 10.1 Å². The summed E-state index contributed by atoms with van der Waals surface area (Å²) in [5, 5.41) is 11.0. The number of nitrogens with zero attached hydrogens (tertiary/aromatic N) is 2. The molecule has 10 heteroatoms. The first kappa shape index (κ1) is 17.0. The van der Waals surface area contributed by atoms with E-state index in [1.54, 1.807) is 0 Å². The Kier molecular flexibility index (Phi) is 4.76. The molecule has 1 aromatic carbocycles. The Morgan fingerprint density at radius 2 is 1.87 bits per heavy atom. The fourth-order valence-electron chi connectivity index (χ4n) is 2.58. The van der Waals surface area contributed by atoms with Crippen molar-refractivity contribution in [3.05, 3.63) is 48.5 Å². The highest BCUT2D eigenvalue weighted by Gasteiger charge is 2.22. The molecule has 1 saturated heterocycles. The molecular formula is C13H13BrN4O5. The Bertz CT molecular complexity index is 903. The molecule has 3 rings (SSSR count). The van der Waals surface area contributed by atoms with Crippen LogP contribution in [-0.4, -0.2) is 38.7 Å². The number of halogens is 1. The molecule has 0 atom stereocenters. The molecule has 1 aliphatic rings. The summed E-state index contributed by atoms with van der Waals surface area (Å²) in [6, 6.07) is 2.55. The zero-order valence-corrected chi connectivity index (χ0v) is 13.5. The summed E-state index contributed by atoms with van der Waals surface area (Å²) in [5.74, 6) is 0.108. The summed E-state index contributed by atoms with van der Waals surface area (Å²) < 4.78 is 0. The van der Waals surface area contributed by atoms with E-state index in [0.717, 1.165) is 0 Å². The van der Waals surface area contributed by atoms with Crippen LogP contribution >= 0.6 is 17.0 Å². The van der Waals surface area contributed by atoms with Gasteiger partial charge < -0.3 is 9.97 Å². The number of likely N-dealkylation sites (tertiary alicyclic amines) is 1. The fourth-order valence-corrected chi connectivity index (χ4v) is 2.58. The summed E-state index contributed by atoms with van der Waals surface area (Å²) in [7, 11) is 0. The van der Waals surface area contributed by atoms with Crippen LogP contribution in [0.3, 0.4) is 0 Å². The Hall–Kier alpha value is -2.33. The van der Waals surface area contributed by atoms with E-state index in [1.807, 2.05) is 4.90 Å². The van der Waals surface area contributed by atoms with Crippen LogP contribution in [0.1, 0.15) is 12.0 Å².